The summed E-state index contributed by atoms with van der Waals surface area (Å²) in [6, 6.07) is 14.2. The summed E-state index contributed by atoms with van der Waals surface area (Å²) >= 11 is 7.33. The summed E-state index contributed by atoms with van der Waals surface area (Å²) in [5.74, 6) is 1.22. The van der Waals surface area contributed by atoms with E-state index in [9.17, 15) is 18.0 Å². The second-order valence-electron chi connectivity index (χ2n) is 6.04. The standard InChI is InChI=1S/C20H16ClF3N2O2S/c21-15-3-5-16(6-4-15)25-19(27)28-9-10-29-12-13-1-7-17-14(11-13)2-8-18(26-17)20(22,23)24/h1-8,11H,9-10,12H2,(H,25,27). The number of amides is 1. The van der Waals surface area contributed by atoms with Crippen molar-refractivity contribution in [2.24, 2.45) is 0 Å². The quantitative estimate of drug-likeness (QED) is 0.451. The van der Waals surface area contributed by atoms with Gasteiger partial charge in [0.25, 0.3) is 0 Å². The molecule has 1 N–H and O–H groups in total. The summed E-state index contributed by atoms with van der Waals surface area (Å²) in [7, 11) is 0. The van der Waals surface area contributed by atoms with Crippen LogP contribution in [0.1, 0.15) is 11.3 Å². The Labute approximate surface area is 174 Å². The molecule has 9 heteroatoms. The number of carbonyl (C=O) groups is 1. The summed E-state index contributed by atoms with van der Waals surface area (Å²) in [6.45, 7) is 0.230. The van der Waals surface area contributed by atoms with Crippen molar-refractivity contribution in [2.45, 2.75) is 11.9 Å². The lowest BCUT2D eigenvalue weighted by molar-refractivity contribution is -0.140. The molecule has 1 heterocycles. The molecule has 3 rings (SSSR count). The Kier molecular flexibility index (Phi) is 6.87. The number of rotatable bonds is 6. The van der Waals surface area contributed by atoms with Crippen molar-refractivity contribution in [3.63, 3.8) is 0 Å². The van der Waals surface area contributed by atoms with Crippen LogP contribution >= 0.6 is 23.4 Å². The number of hydrogen-bond donors (Lipinski definition) is 1. The Morgan fingerprint density at radius 1 is 1.10 bits per heavy atom. The summed E-state index contributed by atoms with van der Waals surface area (Å²) in [4.78, 5) is 15.4. The third kappa shape index (κ3) is 6.27. The fraction of sp³-hybridized carbons (Fsp3) is 0.200. The minimum Gasteiger partial charge on any atom is -0.448 e. The third-order valence-corrected chi connectivity index (χ3v) is 5.11. The van der Waals surface area contributed by atoms with E-state index in [4.69, 9.17) is 16.3 Å². The number of thioether (sulfide) groups is 1. The average molecular weight is 441 g/mol. The average Bonchev–Trinajstić information content (AvgIpc) is 2.68. The lowest BCUT2D eigenvalue weighted by atomic mass is 10.1. The van der Waals surface area contributed by atoms with Crippen LogP contribution < -0.4 is 5.32 Å². The number of carbonyl (C=O) groups excluding carboxylic acids is 1. The maximum absolute atomic E-state index is 12.7. The highest BCUT2D eigenvalue weighted by Gasteiger charge is 2.32. The molecule has 0 saturated heterocycles. The number of anilines is 1. The molecule has 3 aromatic rings. The van der Waals surface area contributed by atoms with Crippen LogP contribution in [0.3, 0.4) is 0 Å². The van der Waals surface area contributed by atoms with Gasteiger partial charge in [-0.25, -0.2) is 9.78 Å². The van der Waals surface area contributed by atoms with Crippen molar-refractivity contribution in [1.82, 2.24) is 4.98 Å². The number of fused-ring (bicyclic) bond motifs is 1. The topological polar surface area (TPSA) is 51.2 Å². The zero-order valence-electron chi connectivity index (χ0n) is 15.0. The van der Waals surface area contributed by atoms with Crippen LogP contribution in [0.15, 0.2) is 54.6 Å². The van der Waals surface area contributed by atoms with Gasteiger partial charge in [-0.05, 0) is 48.0 Å². The Balaban J connectivity index is 1.43. The zero-order chi connectivity index (χ0) is 20.9. The van der Waals surface area contributed by atoms with E-state index in [2.05, 4.69) is 10.3 Å². The van der Waals surface area contributed by atoms with Gasteiger partial charge in [0.1, 0.15) is 12.3 Å². The van der Waals surface area contributed by atoms with Gasteiger partial charge in [-0.2, -0.15) is 24.9 Å². The number of hydrogen-bond acceptors (Lipinski definition) is 4. The number of aromatic nitrogens is 1. The fourth-order valence-electron chi connectivity index (χ4n) is 2.49. The van der Waals surface area contributed by atoms with E-state index in [0.29, 0.717) is 33.1 Å². The number of halogens is 4. The molecular weight excluding hydrogens is 425 g/mol. The smallest absolute Gasteiger partial charge is 0.433 e. The zero-order valence-corrected chi connectivity index (χ0v) is 16.6. The van der Waals surface area contributed by atoms with E-state index in [-0.39, 0.29) is 6.61 Å². The summed E-state index contributed by atoms with van der Waals surface area (Å²) in [5.41, 5.74) is 0.942. The second-order valence-corrected chi connectivity index (χ2v) is 7.58. The second kappa shape index (κ2) is 9.37. The summed E-state index contributed by atoms with van der Waals surface area (Å²) < 4.78 is 43.3. The van der Waals surface area contributed by atoms with E-state index >= 15 is 0 Å². The first-order valence-electron chi connectivity index (χ1n) is 8.55. The molecule has 0 atom stereocenters. The molecule has 0 aliphatic rings. The first kappa shape index (κ1) is 21.3. The molecule has 29 heavy (non-hydrogen) atoms. The summed E-state index contributed by atoms with van der Waals surface area (Å²) in [6.07, 6.45) is -5.01. The van der Waals surface area contributed by atoms with E-state index < -0.39 is 18.0 Å². The number of nitrogens with zero attached hydrogens (tertiary/aromatic N) is 1. The van der Waals surface area contributed by atoms with Crippen molar-refractivity contribution in [3.8, 4) is 0 Å². The molecule has 0 spiro atoms. The van der Waals surface area contributed by atoms with Gasteiger partial charge in [-0.15, -0.1) is 0 Å². The van der Waals surface area contributed by atoms with Gasteiger partial charge >= 0.3 is 12.3 Å². The van der Waals surface area contributed by atoms with Gasteiger partial charge in [0, 0.05) is 27.6 Å². The first-order valence-corrected chi connectivity index (χ1v) is 10.1. The van der Waals surface area contributed by atoms with Gasteiger partial charge in [0.15, 0.2) is 0 Å². The Morgan fingerprint density at radius 2 is 1.86 bits per heavy atom. The number of pyridine rings is 1. The molecule has 0 aliphatic carbocycles. The monoisotopic (exact) mass is 440 g/mol. The molecule has 2 aromatic carbocycles. The maximum Gasteiger partial charge on any atom is 0.433 e. The lowest BCUT2D eigenvalue weighted by Gasteiger charge is -2.08. The SMILES string of the molecule is O=C(Nc1ccc(Cl)cc1)OCCSCc1ccc2nc(C(F)(F)F)ccc2c1. The summed E-state index contributed by atoms with van der Waals surface area (Å²) in [5, 5.41) is 3.82. The van der Waals surface area contributed by atoms with Crippen molar-refractivity contribution in [2.75, 3.05) is 17.7 Å². The molecule has 1 aromatic heterocycles. The van der Waals surface area contributed by atoms with Crippen LogP contribution in [0.5, 0.6) is 0 Å². The van der Waals surface area contributed by atoms with Crippen molar-refractivity contribution < 1.29 is 22.7 Å². The van der Waals surface area contributed by atoms with Crippen molar-refractivity contribution >= 4 is 46.0 Å². The molecule has 0 unspecified atom stereocenters. The van der Waals surface area contributed by atoms with Crippen LogP contribution in [-0.2, 0) is 16.7 Å². The number of alkyl halides is 3. The molecule has 4 nitrogen and oxygen atoms in total. The molecule has 1 amide bonds. The fourth-order valence-corrected chi connectivity index (χ4v) is 3.38. The number of ether oxygens (including phenoxy) is 1. The highest BCUT2D eigenvalue weighted by Crippen LogP contribution is 2.29. The van der Waals surface area contributed by atoms with Crippen molar-refractivity contribution in [1.29, 1.82) is 0 Å². The molecule has 0 aliphatic heterocycles. The largest absolute Gasteiger partial charge is 0.448 e. The molecule has 0 fully saturated rings. The van der Waals surface area contributed by atoms with Crippen LogP contribution in [0.2, 0.25) is 5.02 Å². The third-order valence-electron chi connectivity index (χ3n) is 3.86. The Hall–Kier alpha value is -2.45. The van der Waals surface area contributed by atoms with Gasteiger partial charge in [-0.3, -0.25) is 5.32 Å². The van der Waals surface area contributed by atoms with E-state index in [0.717, 1.165) is 11.6 Å². The van der Waals surface area contributed by atoms with Crippen LogP contribution in [0.4, 0.5) is 23.7 Å². The molecule has 0 saturated carbocycles. The Morgan fingerprint density at radius 3 is 2.59 bits per heavy atom. The normalized spacial score (nSPS) is 11.4. The minimum absolute atomic E-state index is 0.230. The van der Waals surface area contributed by atoms with Crippen LogP contribution in [0.25, 0.3) is 10.9 Å². The van der Waals surface area contributed by atoms with Gasteiger partial charge in [-0.1, -0.05) is 23.7 Å². The molecular formula is C20H16ClF3N2O2S. The number of benzene rings is 2. The number of nitrogens with one attached hydrogen (secondary N) is 1. The van der Waals surface area contributed by atoms with E-state index in [1.54, 1.807) is 48.2 Å². The van der Waals surface area contributed by atoms with Gasteiger partial charge < -0.3 is 4.74 Å². The van der Waals surface area contributed by atoms with Gasteiger partial charge in [0.05, 0.1) is 5.52 Å². The Bertz CT molecular complexity index is 997. The highest BCUT2D eigenvalue weighted by molar-refractivity contribution is 7.98. The van der Waals surface area contributed by atoms with Crippen LogP contribution in [-0.4, -0.2) is 23.4 Å². The van der Waals surface area contributed by atoms with E-state index in [1.807, 2.05) is 6.07 Å². The highest BCUT2D eigenvalue weighted by atomic mass is 35.5. The van der Waals surface area contributed by atoms with Gasteiger partial charge in [0.2, 0.25) is 0 Å². The maximum atomic E-state index is 12.7. The van der Waals surface area contributed by atoms with Crippen LogP contribution in [0, 0.1) is 0 Å². The van der Waals surface area contributed by atoms with E-state index in [1.165, 1.54) is 6.07 Å². The predicted molar refractivity (Wildman–Crippen MR) is 109 cm³/mol. The molecule has 0 radical (unpaired) electrons. The first-order chi connectivity index (χ1) is 13.8. The minimum atomic E-state index is -4.46. The lowest BCUT2D eigenvalue weighted by Crippen LogP contribution is -2.15. The van der Waals surface area contributed by atoms with Crippen molar-refractivity contribution in [3.05, 3.63) is 70.9 Å². The predicted octanol–water partition coefficient (Wildman–Crippen LogP) is 6.39. The molecule has 152 valence electrons. The molecule has 0 bridgehead atoms.